The highest BCUT2D eigenvalue weighted by Crippen LogP contribution is 2.22. The van der Waals surface area contributed by atoms with Crippen molar-refractivity contribution in [3.8, 4) is 0 Å². The van der Waals surface area contributed by atoms with Gasteiger partial charge in [0.05, 0.1) is 5.56 Å². The summed E-state index contributed by atoms with van der Waals surface area (Å²) in [7, 11) is 1.80. The Morgan fingerprint density at radius 2 is 1.79 bits per heavy atom. The summed E-state index contributed by atoms with van der Waals surface area (Å²) in [6.07, 6.45) is 0. The summed E-state index contributed by atoms with van der Waals surface area (Å²) in [5.74, 6) is -0.00504. The third-order valence-electron chi connectivity index (χ3n) is 2.88. The van der Waals surface area contributed by atoms with Crippen molar-refractivity contribution in [3.63, 3.8) is 0 Å². The van der Waals surface area contributed by atoms with Crippen LogP contribution in [0.1, 0.15) is 15.9 Å². The molecule has 0 bridgehead atoms. The first-order valence-corrected chi connectivity index (χ1v) is 7.66. The average molecular weight is 430 g/mol. The molecule has 0 aliphatic carbocycles. The first-order valence-electron chi connectivity index (χ1n) is 5.79. The topological polar surface area (TPSA) is 20.3 Å². The van der Waals surface area contributed by atoms with Gasteiger partial charge in [-0.1, -0.05) is 33.6 Å². The summed E-state index contributed by atoms with van der Waals surface area (Å²) in [5.41, 5.74) is 2.78. The highest BCUT2D eigenvalue weighted by atomic mass is 127. The molecule has 0 atom stereocenters. The molecular formula is C15H13BrINO. The van der Waals surface area contributed by atoms with E-state index < -0.39 is 0 Å². The van der Waals surface area contributed by atoms with Crippen molar-refractivity contribution in [1.82, 2.24) is 0 Å². The molecule has 0 aliphatic rings. The number of halogens is 2. The van der Waals surface area contributed by atoms with Crippen LogP contribution in [0.15, 0.2) is 46.9 Å². The zero-order valence-corrected chi connectivity index (χ0v) is 14.4. The van der Waals surface area contributed by atoms with Crippen LogP contribution in [0.3, 0.4) is 0 Å². The van der Waals surface area contributed by atoms with E-state index >= 15 is 0 Å². The van der Waals surface area contributed by atoms with Crippen molar-refractivity contribution < 1.29 is 4.79 Å². The normalized spacial score (nSPS) is 10.3. The number of nitrogens with zero attached hydrogens (tertiary/aromatic N) is 1. The lowest BCUT2D eigenvalue weighted by Crippen LogP contribution is -2.26. The number of amides is 1. The van der Waals surface area contributed by atoms with E-state index in [1.807, 2.05) is 49.4 Å². The second-order valence-corrected chi connectivity index (χ2v) is 6.40. The van der Waals surface area contributed by atoms with Crippen molar-refractivity contribution in [1.29, 1.82) is 0 Å². The van der Waals surface area contributed by atoms with E-state index in [9.17, 15) is 4.79 Å². The van der Waals surface area contributed by atoms with Crippen LogP contribution in [0.25, 0.3) is 0 Å². The fourth-order valence-corrected chi connectivity index (χ4v) is 2.65. The monoisotopic (exact) mass is 429 g/mol. The molecule has 2 rings (SSSR count). The smallest absolute Gasteiger partial charge is 0.259 e. The molecule has 0 radical (unpaired) electrons. The predicted octanol–water partition coefficient (Wildman–Crippen LogP) is 4.64. The Morgan fingerprint density at radius 3 is 2.42 bits per heavy atom. The van der Waals surface area contributed by atoms with Crippen LogP contribution in [-0.2, 0) is 0 Å². The Labute approximate surface area is 135 Å². The molecule has 1 amide bonds. The zero-order valence-electron chi connectivity index (χ0n) is 10.7. The number of carbonyl (C=O) groups excluding carboxylic acids is 1. The Morgan fingerprint density at radius 1 is 1.16 bits per heavy atom. The summed E-state index contributed by atoms with van der Waals surface area (Å²) in [6.45, 7) is 2.03. The van der Waals surface area contributed by atoms with Gasteiger partial charge in [0, 0.05) is 20.8 Å². The van der Waals surface area contributed by atoms with Gasteiger partial charge in [0.15, 0.2) is 0 Å². The molecule has 4 heteroatoms. The lowest BCUT2D eigenvalue weighted by molar-refractivity contribution is 0.0992. The van der Waals surface area contributed by atoms with Crippen LogP contribution in [0.4, 0.5) is 5.69 Å². The minimum absolute atomic E-state index is 0.00504. The van der Waals surface area contributed by atoms with Gasteiger partial charge in [-0.2, -0.15) is 0 Å². The van der Waals surface area contributed by atoms with Crippen molar-refractivity contribution in [3.05, 3.63) is 61.6 Å². The lowest BCUT2D eigenvalue weighted by Gasteiger charge is -2.18. The van der Waals surface area contributed by atoms with E-state index in [1.165, 1.54) is 5.56 Å². The van der Waals surface area contributed by atoms with Gasteiger partial charge in [0.2, 0.25) is 0 Å². The Bertz CT molecular complexity index is 610. The molecule has 0 saturated carbocycles. The van der Waals surface area contributed by atoms with E-state index in [4.69, 9.17) is 0 Å². The van der Waals surface area contributed by atoms with Crippen LogP contribution in [0.2, 0.25) is 0 Å². The highest BCUT2D eigenvalue weighted by molar-refractivity contribution is 14.1. The predicted molar refractivity (Wildman–Crippen MR) is 90.8 cm³/mol. The standard InChI is InChI=1S/C15H13BrINO/c1-10-3-6-12(7-4-10)18(2)15(19)13-9-11(16)5-8-14(13)17/h3-9H,1-2H3. The maximum absolute atomic E-state index is 12.5. The third-order valence-corrected chi connectivity index (χ3v) is 4.32. The van der Waals surface area contributed by atoms with Crippen molar-refractivity contribution >= 4 is 50.1 Å². The van der Waals surface area contributed by atoms with Gasteiger partial charge in [-0.25, -0.2) is 0 Å². The van der Waals surface area contributed by atoms with Gasteiger partial charge in [0.1, 0.15) is 0 Å². The number of anilines is 1. The molecule has 0 spiro atoms. The number of rotatable bonds is 2. The minimum Gasteiger partial charge on any atom is -0.311 e. The average Bonchev–Trinajstić information content (AvgIpc) is 2.41. The molecule has 2 nitrogen and oxygen atoms in total. The summed E-state index contributed by atoms with van der Waals surface area (Å²) in [4.78, 5) is 14.2. The van der Waals surface area contributed by atoms with E-state index in [1.54, 1.807) is 11.9 Å². The Kier molecular flexibility index (Phi) is 4.62. The van der Waals surface area contributed by atoms with Crippen LogP contribution in [0.5, 0.6) is 0 Å². The van der Waals surface area contributed by atoms with E-state index in [-0.39, 0.29) is 5.91 Å². The van der Waals surface area contributed by atoms with Crippen molar-refractivity contribution in [2.45, 2.75) is 6.92 Å². The van der Waals surface area contributed by atoms with E-state index in [2.05, 4.69) is 38.5 Å². The summed E-state index contributed by atoms with van der Waals surface area (Å²) < 4.78 is 1.86. The van der Waals surface area contributed by atoms with Gasteiger partial charge in [-0.05, 0) is 59.8 Å². The summed E-state index contributed by atoms with van der Waals surface area (Å²) >= 11 is 5.59. The zero-order chi connectivity index (χ0) is 14.0. The fraction of sp³-hybridized carbons (Fsp3) is 0.133. The molecule has 0 heterocycles. The van der Waals surface area contributed by atoms with Crippen LogP contribution in [0, 0.1) is 10.5 Å². The molecule has 0 fully saturated rings. The van der Waals surface area contributed by atoms with Gasteiger partial charge < -0.3 is 4.90 Å². The molecule has 0 saturated heterocycles. The molecule has 2 aromatic rings. The molecule has 0 aliphatic heterocycles. The third kappa shape index (κ3) is 3.36. The maximum Gasteiger partial charge on any atom is 0.259 e. The molecule has 19 heavy (non-hydrogen) atoms. The lowest BCUT2D eigenvalue weighted by atomic mass is 10.1. The molecule has 0 aromatic heterocycles. The Hall–Kier alpha value is -0.880. The van der Waals surface area contributed by atoms with Crippen molar-refractivity contribution in [2.24, 2.45) is 0 Å². The van der Waals surface area contributed by atoms with Gasteiger partial charge in [-0.15, -0.1) is 0 Å². The Balaban J connectivity index is 2.33. The minimum atomic E-state index is -0.00504. The first kappa shape index (κ1) is 14.5. The number of aryl methyl sites for hydroxylation is 1. The molecular weight excluding hydrogens is 417 g/mol. The molecule has 0 N–H and O–H groups in total. The second kappa shape index (κ2) is 6.05. The number of hydrogen-bond acceptors (Lipinski definition) is 1. The number of carbonyl (C=O) groups is 1. The van der Waals surface area contributed by atoms with Crippen LogP contribution < -0.4 is 4.90 Å². The van der Waals surface area contributed by atoms with Gasteiger partial charge in [-0.3, -0.25) is 4.79 Å². The quantitative estimate of drug-likeness (QED) is 0.637. The van der Waals surface area contributed by atoms with Gasteiger partial charge in [0.25, 0.3) is 5.91 Å². The second-order valence-electron chi connectivity index (χ2n) is 4.32. The SMILES string of the molecule is Cc1ccc(N(C)C(=O)c2cc(Br)ccc2I)cc1. The van der Waals surface area contributed by atoms with Crippen LogP contribution >= 0.6 is 38.5 Å². The maximum atomic E-state index is 12.5. The molecule has 2 aromatic carbocycles. The van der Waals surface area contributed by atoms with Gasteiger partial charge >= 0.3 is 0 Å². The van der Waals surface area contributed by atoms with E-state index in [0.29, 0.717) is 5.56 Å². The number of benzene rings is 2. The molecule has 98 valence electrons. The summed E-state index contributed by atoms with van der Waals surface area (Å²) in [6, 6.07) is 13.6. The van der Waals surface area contributed by atoms with Crippen LogP contribution in [-0.4, -0.2) is 13.0 Å². The first-order chi connectivity index (χ1) is 8.99. The van der Waals surface area contributed by atoms with Crippen molar-refractivity contribution in [2.75, 3.05) is 11.9 Å². The highest BCUT2D eigenvalue weighted by Gasteiger charge is 2.16. The largest absolute Gasteiger partial charge is 0.311 e. The fourth-order valence-electron chi connectivity index (χ4n) is 1.73. The summed E-state index contributed by atoms with van der Waals surface area (Å²) in [5, 5.41) is 0. The van der Waals surface area contributed by atoms with E-state index in [0.717, 1.165) is 13.7 Å². The molecule has 0 unspecified atom stereocenters. The number of hydrogen-bond donors (Lipinski definition) is 0.